The molecule has 1 aromatic carbocycles. The van der Waals surface area contributed by atoms with Crippen LogP contribution >= 0.6 is 0 Å². The van der Waals surface area contributed by atoms with Crippen molar-refractivity contribution in [2.24, 2.45) is 0 Å². The average Bonchev–Trinajstić information content (AvgIpc) is 3.32. The van der Waals surface area contributed by atoms with E-state index in [0.29, 0.717) is 29.0 Å². The topological polar surface area (TPSA) is 81.3 Å². The molecule has 1 fully saturated rings. The Morgan fingerprint density at radius 1 is 1.00 bits per heavy atom. The predicted octanol–water partition coefficient (Wildman–Crippen LogP) is 4.35. The van der Waals surface area contributed by atoms with Crippen molar-refractivity contribution in [3.63, 3.8) is 0 Å². The molecule has 0 atom stereocenters. The fourth-order valence-corrected chi connectivity index (χ4v) is 3.48. The zero-order valence-electron chi connectivity index (χ0n) is 15.8. The Labute approximate surface area is 158 Å². The fourth-order valence-electron chi connectivity index (χ4n) is 3.48. The van der Waals surface area contributed by atoms with E-state index in [2.05, 4.69) is 15.5 Å². The van der Waals surface area contributed by atoms with Crippen LogP contribution < -0.4 is 19.5 Å². The summed E-state index contributed by atoms with van der Waals surface area (Å²) in [5.74, 6) is 3.33. The second-order valence-corrected chi connectivity index (χ2v) is 6.83. The van der Waals surface area contributed by atoms with Crippen LogP contribution in [0.4, 0.5) is 11.6 Å². The standard InChI is InChI=1S/C20H24N4O3/c1-12-8-19(24-23-12)21-18-10-13-9-16(25-2)17(26-3)11-15(13)20(22-18)27-14-6-4-5-7-14/h8-11,14H,4-7H2,1-3H3,(H2,21,22,23,24). The summed E-state index contributed by atoms with van der Waals surface area (Å²) >= 11 is 0. The van der Waals surface area contributed by atoms with E-state index >= 15 is 0 Å². The quantitative estimate of drug-likeness (QED) is 0.673. The van der Waals surface area contributed by atoms with Crippen molar-refractivity contribution >= 4 is 22.4 Å². The molecule has 1 saturated carbocycles. The van der Waals surface area contributed by atoms with Gasteiger partial charge in [0, 0.05) is 17.1 Å². The van der Waals surface area contributed by atoms with Crippen molar-refractivity contribution in [2.45, 2.75) is 38.7 Å². The number of rotatable bonds is 6. The minimum absolute atomic E-state index is 0.205. The van der Waals surface area contributed by atoms with Gasteiger partial charge in [0.25, 0.3) is 0 Å². The Hall–Kier alpha value is -2.96. The van der Waals surface area contributed by atoms with Gasteiger partial charge in [0.2, 0.25) is 5.88 Å². The van der Waals surface area contributed by atoms with Gasteiger partial charge in [0.05, 0.1) is 14.2 Å². The van der Waals surface area contributed by atoms with Gasteiger partial charge in [0.15, 0.2) is 17.3 Å². The number of hydrogen-bond acceptors (Lipinski definition) is 6. The van der Waals surface area contributed by atoms with Crippen molar-refractivity contribution in [1.29, 1.82) is 0 Å². The monoisotopic (exact) mass is 368 g/mol. The number of aryl methyl sites for hydroxylation is 1. The number of aromatic nitrogens is 3. The summed E-state index contributed by atoms with van der Waals surface area (Å²) in [6.07, 6.45) is 4.73. The number of ether oxygens (including phenoxy) is 3. The van der Waals surface area contributed by atoms with Crippen molar-refractivity contribution < 1.29 is 14.2 Å². The molecule has 1 aliphatic rings. The summed E-state index contributed by atoms with van der Waals surface area (Å²) < 4.78 is 17.2. The molecule has 0 spiro atoms. The highest BCUT2D eigenvalue weighted by Gasteiger charge is 2.20. The first-order valence-electron chi connectivity index (χ1n) is 9.18. The number of aromatic amines is 1. The van der Waals surface area contributed by atoms with E-state index in [4.69, 9.17) is 19.2 Å². The van der Waals surface area contributed by atoms with Crippen LogP contribution in [0.3, 0.4) is 0 Å². The van der Waals surface area contributed by atoms with E-state index in [1.54, 1.807) is 14.2 Å². The highest BCUT2D eigenvalue weighted by Crippen LogP contribution is 2.38. The van der Waals surface area contributed by atoms with E-state index in [9.17, 15) is 0 Å². The Bertz CT molecular complexity index is 948. The van der Waals surface area contributed by atoms with E-state index < -0.39 is 0 Å². The molecule has 2 N–H and O–H groups in total. The van der Waals surface area contributed by atoms with Crippen LogP contribution in [0.2, 0.25) is 0 Å². The third-order valence-electron chi connectivity index (χ3n) is 4.84. The average molecular weight is 368 g/mol. The molecule has 0 bridgehead atoms. The summed E-state index contributed by atoms with van der Waals surface area (Å²) in [6.45, 7) is 1.96. The lowest BCUT2D eigenvalue weighted by atomic mass is 10.1. The number of anilines is 2. The SMILES string of the molecule is COc1cc2cc(Nc3cc(C)[nH]n3)nc(OC3CCCC3)c2cc1OC. The first-order chi connectivity index (χ1) is 13.2. The molecule has 7 nitrogen and oxygen atoms in total. The third-order valence-corrected chi connectivity index (χ3v) is 4.84. The lowest BCUT2D eigenvalue weighted by Gasteiger charge is -2.17. The Kier molecular flexibility index (Phi) is 4.75. The number of hydrogen-bond donors (Lipinski definition) is 2. The molecule has 4 rings (SSSR count). The molecular formula is C20H24N4O3. The first kappa shape index (κ1) is 17.5. The van der Waals surface area contributed by atoms with Crippen molar-refractivity contribution in [3.05, 3.63) is 30.0 Å². The van der Waals surface area contributed by atoms with Crippen LogP contribution in [0.5, 0.6) is 17.4 Å². The molecule has 0 unspecified atom stereocenters. The first-order valence-corrected chi connectivity index (χ1v) is 9.18. The smallest absolute Gasteiger partial charge is 0.223 e. The maximum atomic E-state index is 6.27. The van der Waals surface area contributed by atoms with Crippen LogP contribution in [0.1, 0.15) is 31.4 Å². The van der Waals surface area contributed by atoms with Gasteiger partial charge < -0.3 is 19.5 Å². The largest absolute Gasteiger partial charge is 0.493 e. The van der Waals surface area contributed by atoms with Gasteiger partial charge in [0.1, 0.15) is 11.9 Å². The Morgan fingerprint density at radius 2 is 1.74 bits per heavy atom. The van der Waals surface area contributed by atoms with Gasteiger partial charge in [-0.1, -0.05) is 0 Å². The number of fused-ring (bicyclic) bond motifs is 1. The molecule has 0 amide bonds. The zero-order chi connectivity index (χ0) is 18.8. The molecule has 0 radical (unpaired) electrons. The second-order valence-electron chi connectivity index (χ2n) is 6.83. The van der Waals surface area contributed by atoms with E-state index in [0.717, 1.165) is 29.3 Å². The molecule has 0 aliphatic heterocycles. The highest BCUT2D eigenvalue weighted by atomic mass is 16.5. The molecule has 27 heavy (non-hydrogen) atoms. The maximum Gasteiger partial charge on any atom is 0.223 e. The Morgan fingerprint density at radius 3 is 2.41 bits per heavy atom. The molecule has 1 aliphatic carbocycles. The molecular weight excluding hydrogens is 344 g/mol. The maximum absolute atomic E-state index is 6.27. The van der Waals surface area contributed by atoms with Gasteiger partial charge in [-0.15, -0.1) is 0 Å². The number of nitrogens with one attached hydrogen (secondary N) is 2. The Balaban J connectivity index is 1.78. The molecule has 142 valence electrons. The highest BCUT2D eigenvalue weighted by molar-refractivity contribution is 5.92. The molecule has 0 saturated heterocycles. The number of nitrogens with zero attached hydrogens (tertiary/aromatic N) is 2. The second kappa shape index (κ2) is 7.34. The van der Waals surface area contributed by atoms with E-state index in [1.165, 1.54) is 12.8 Å². The van der Waals surface area contributed by atoms with Crippen molar-refractivity contribution in [3.8, 4) is 17.4 Å². The summed E-state index contributed by atoms with van der Waals surface area (Å²) in [6, 6.07) is 7.76. The third kappa shape index (κ3) is 3.63. The van der Waals surface area contributed by atoms with Gasteiger partial charge >= 0.3 is 0 Å². The van der Waals surface area contributed by atoms with Crippen LogP contribution in [0.25, 0.3) is 10.8 Å². The summed E-state index contributed by atoms with van der Waals surface area (Å²) in [7, 11) is 3.26. The van der Waals surface area contributed by atoms with Crippen molar-refractivity contribution in [2.75, 3.05) is 19.5 Å². The number of pyridine rings is 1. The lowest BCUT2D eigenvalue weighted by molar-refractivity contribution is 0.204. The molecule has 7 heteroatoms. The summed E-state index contributed by atoms with van der Waals surface area (Å²) in [5.41, 5.74) is 0.979. The molecule has 2 aromatic heterocycles. The normalized spacial score (nSPS) is 14.5. The fraction of sp³-hybridized carbons (Fsp3) is 0.400. The van der Waals surface area contributed by atoms with Gasteiger partial charge in [-0.2, -0.15) is 10.1 Å². The number of benzene rings is 1. The van der Waals surface area contributed by atoms with Gasteiger partial charge in [-0.05, 0) is 56.2 Å². The van der Waals surface area contributed by atoms with Crippen molar-refractivity contribution in [1.82, 2.24) is 15.2 Å². The summed E-state index contributed by atoms with van der Waals surface area (Å²) in [5, 5.41) is 12.3. The van der Waals surface area contributed by atoms with Gasteiger partial charge in [-0.3, -0.25) is 5.10 Å². The van der Waals surface area contributed by atoms with E-state index in [1.807, 2.05) is 31.2 Å². The predicted molar refractivity (Wildman–Crippen MR) is 104 cm³/mol. The van der Waals surface area contributed by atoms with Gasteiger partial charge in [-0.25, -0.2) is 0 Å². The minimum atomic E-state index is 0.205. The van der Waals surface area contributed by atoms with E-state index in [-0.39, 0.29) is 6.10 Å². The van der Waals surface area contributed by atoms with Crippen LogP contribution in [0.15, 0.2) is 24.3 Å². The minimum Gasteiger partial charge on any atom is -0.493 e. The zero-order valence-corrected chi connectivity index (χ0v) is 15.8. The number of H-pyrrole nitrogens is 1. The van der Waals surface area contributed by atoms with Crippen LogP contribution in [-0.2, 0) is 0 Å². The molecule has 3 aromatic rings. The molecule has 2 heterocycles. The summed E-state index contributed by atoms with van der Waals surface area (Å²) in [4.78, 5) is 4.72. The lowest BCUT2D eigenvalue weighted by Crippen LogP contribution is -2.12. The van der Waals surface area contributed by atoms with Crippen LogP contribution in [0, 0.1) is 6.92 Å². The number of methoxy groups -OCH3 is 2. The van der Waals surface area contributed by atoms with Crippen LogP contribution in [-0.4, -0.2) is 35.5 Å².